The highest BCUT2D eigenvalue weighted by Crippen LogP contribution is 2.37. The van der Waals surface area contributed by atoms with Crippen LogP contribution < -0.4 is 5.32 Å². The minimum Gasteiger partial charge on any atom is -0.394 e. The molecule has 1 aliphatic rings. The van der Waals surface area contributed by atoms with Crippen LogP contribution >= 0.6 is 11.6 Å². The standard InChI is InChI=1S/C14H19ClN2O3/c1-10-3-2-6-14(8-10,9-18)16-12-7-11(15)4-5-13(12)17(19)20/h4-5,7,10,16,18H,2-3,6,8-9H2,1H3. The van der Waals surface area contributed by atoms with Gasteiger partial charge in [-0.3, -0.25) is 10.1 Å². The van der Waals surface area contributed by atoms with Gasteiger partial charge in [-0.15, -0.1) is 0 Å². The molecule has 0 spiro atoms. The van der Waals surface area contributed by atoms with Gasteiger partial charge < -0.3 is 10.4 Å². The van der Waals surface area contributed by atoms with Gasteiger partial charge in [0.2, 0.25) is 0 Å². The molecule has 1 saturated carbocycles. The first-order valence-electron chi connectivity index (χ1n) is 6.79. The Hall–Kier alpha value is -1.33. The molecule has 1 fully saturated rings. The van der Waals surface area contributed by atoms with Crippen molar-refractivity contribution >= 4 is 23.0 Å². The molecular weight excluding hydrogens is 280 g/mol. The van der Waals surface area contributed by atoms with Crippen LogP contribution in [-0.2, 0) is 0 Å². The highest BCUT2D eigenvalue weighted by Gasteiger charge is 2.35. The Morgan fingerprint density at radius 3 is 2.95 bits per heavy atom. The molecule has 110 valence electrons. The molecule has 0 heterocycles. The fraction of sp³-hybridized carbons (Fsp3) is 0.571. The van der Waals surface area contributed by atoms with Crippen molar-refractivity contribution in [2.24, 2.45) is 5.92 Å². The zero-order chi connectivity index (χ0) is 14.8. The number of nitro benzene ring substituents is 1. The number of hydrogen-bond acceptors (Lipinski definition) is 4. The van der Waals surface area contributed by atoms with Crippen molar-refractivity contribution in [2.75, 3.05) is 11.9 Å². The maximum absolute atomic E-state index is 11.1. The number of nitrogens with one attached hydrogen (secondary N) is 1. The first kappa shape index (κ1) is 15.1. The molecule has 2 atom stereocenters. The van der Waals surface area contributed by atoms with Gasteiger partial charge >= 0.3 is 0 Å². The van der Waals surface area contributed by atoms with E-state index < -0.39 is 10.5 Å². The third-order valence-corrected chi connectivity index (χ3v) is 4.18. The van der Waals surface area contributed by atoms with Gasteiger partial charge in [-0.1, -0.05) is 31.4 Å². The lowest BCUT2D eigenvalue weighted by Crippen LogP contribution is -2.46. The first-order valence-corrected chi connectivity index (χ1v) is 7.16. The number of rotatable bonds is 4. The smallest absolute Gasteiger partial charge is 0.292 e. The Balaban J connectivity index is 2.31. The maximum Gasteiger partial charge on any atom is 0.292 e. The molecule has 1 aromatic rings. The maximum atomic E-state index is 11.1. The molecule has 6 heteroatoms. The molecule has 0 aromatic heterocycles. The third-order valence-electron chi connectivity index (χ3n) is 3.95. The minimum atomic E-state index is -0.493. The van der Waals surface area contributed by atoms with Crippen molar-refractivity contribution in [1.82, 2.24) is 0 Å². The predicted molar refractivity (Wildman–Crippen MR) is 79.2 cm³/mol. The Morgan fingerprint density at radius 2 is 2.35 bits per heavy atom. The van der Waals surface area contributed by atoms with E-state index in [1.165, 1.54) is 12.1 Å². The van der Waals surface area contributed by atoms with Crippen LogP contribution in [0.3, 0.4) is 0 Å². The van der Waals surface area contributed by atoms with Gasteiger partial charge in [-0.25, -0.2) is 0 Å². The fourth-order valence-electron chi connectivity index (χ4n) is 3.01. The van der Waals surface area contributed by atoms with Crippen LogP contribution in [0.25, 0.3) is 0 Å². The molecule has 2 rings (SSSR count). The molecule has 0 amide bonds. The van der Waals surface area contributed by atoms with E-state index in [0.717, 1.165) is 25.7 Å². The highest BCUT2D eigenvalue weighted by molar-refractivity contribution is 6.31. The van der Waals surface area contributed by atoms with Gasteiger partial charge in [0.15, 0.2) is 0 Å². The van der Waals surface area contributed by atoms with Crippen molar-refractivity contribution in [3.8, 4) is 0 Å². The summed E-state index contributed by atoms with van der Waals surface area (Å²) < 4.78 is 0. The lowest BCUT2D eigenvalue weighted by atomic mass is 9.76. The second-order valence-corrected chi connectivity index (χ2v) is 6.12. The Morgan fingerprint density at radius 1 is 1.60 bits per heavy atom. The number of benzene rings is 1. The lowest BCUT2D eigenvalue weighted by molar-refractivity contribution is -0.384. The molecule has 0 aliphatic heterocycles. The number of halogens is 1. The second-order valence-electron chi connectivity index (χ2n) is 5.68. The van der Waals surface area contributed by atoms with Crippen LogP contribution in [-0.4, -0.2) is 22.2 Å². The van der Waals surface area contributed by atoms with E-state index >= 15 is 0 Å². The summed E-state index contributed by atoms with van der Waals surface area (Å²) in [4.78, 5) is 10.7. The van der Waals surface area contributed by atoms with Crippen molar-refractivity contribution in [1.29, 1.82) is 0 Å². The van der Waals surface area contributed by atoms with Gasteiger partial charge in [0.05, 0.1) is 17.1 Å². The topological polar surface area (TPSA) is 75.4 Å². The van der Waals surface area contributed by atoms with Gasteiger partial charge in [0.1, 0.15) is 5.69 Å². The lowest BCUT2D eigenvalue weighted by Gasteiger charge is -2.40. The summed E-state index contributed by atoms with van der Waals surface area (Å²) in [6.07, 6.45) is 3.73. The van der Waals surface area contributed by atoms with Crippen LogP contribution in [0.15, 0.2) is 18.2 Å². The van der Waals surface area contributed by atoms with Crippen LogP contribution in [0, 0.1) is 16.0 Å². The zero-order valence-electron chi connectivity index (χ0n) is 11.4. The van der Waals surface area contributed by atoms with Crippen molar-refractivity contribution < 1.29 is 10.0 Å². The Labute approximate surface area is 123 Å². The molecule has 5 nitrogen and oxygen atoms in total. The average Bonchev–Trinajstić information content (AvgIpc) is 2.38. The van der Waals surface area contributed by atoms with Crippen LogP contribution in [0.5, 0.6) is 0 Å². The number of anilines is 1. The number of aliphatic hydroxyl groups is 1. The summed E-state index contributed by atoms with van der Waals surface area (Å²) in [7, 11) is 0. The summed E-state index contributed by atoms with van der Waals surface area (Å²) >= 11 is 5.93. The quantitative estimate of drug-likeness (QED) is 0.658. The largest absolute Gasteiger partial charge is 0.394 e. The molecular formula is C14H19ClN2O3. The van der Waals surface area contributed by atoms with E-state index in [9.17, 15) is 15.2 Å². The summed E-state index contributed by atoms with van der Waals surface area (Å²) in [5.74, 6) is 0.488. The fourth-order valence-corrected chi connectivity index (χ4v) is 3.18. The molecule has 0 saturated heterocycles. The number of nitro groups is 1. The Bertz CT molecular complexity index is 509. The number of aliphatic hydroxyl groups excluding tert-OH is 1. The van der Waals surface area contributed by atoms with Crippen molar-refractivity contribution in [3.63, 3.8) is 0 Å². The molecule has 2 N–H and O–H groups in total. The van der Waals surface area contributed by atoms with E-state index in [1.54, 1.807) is 6.07 Å². The first-order chi connectivity index (χ1) is 9.46. The molecule has 2 unspecified atom stereocenters. The van der Waals surface area contributed by atoms with Crippen molar-refractivity contribution in [3.05, 3.63) is 33.3 Å². The Kier molecular flexibility index (Phi) is 4.50. The third kappa shape index (κ3) is 3.22. The summed E-state index contributed by atoms with van der Waals surface area (Å²) in [5, 5.41) is 24.5. The van der Waals surface area contributed by atoms with Gasteiger partial charge in [-0.05, 0) is 30.9 Å². The molecule has 1 aromatic carbocycles. The van der Waals surface area contributed by atoms with Crippen LogP contribution in [0.4, 0.5) is 11.4 Å². The zero-order valence-corrected chi connectivity index (χ0v) is 12.2. The second kappa shape index (κ2) is 5.97. The minimum absolute atomic E-state index is 0.0135. The summed E-state index contributed by atoms with van der Waals surface area (Å²) in [6, 6.07) is 4.44. The van der Waals surface area contributed by atoms with Gasteiger partial charge in [-0.2, -0.15) is 0 Å². The SMILES string of the molecule is CC1CCCC(CO)(Nc2cc(Cl)ccc2[N+](=O)[O-])C1. The van der Waals surface area contributed by atoms with Crippen LogP contribution in [0.1, 0.15) is 32.6 Å². The predicted octanol–water partition coefficient (Wildman–Crippen LogP) is 3.60. The van der Waals surface area contributed by atoms with E-state index in [-0.39, 0.29) is 12.3 Å². The van der Waals surface area contributed by atoms with E-state index in [2.05, 4.69) is 12.2 Å². The molecule has 0 radical (unpaired) electrons. The van der Waals surface area contributed by atoms with E-state index in [0.29, 0.717) is 16.6 Å². The van der Waals surface area contributed by atoms with E-state index in [1.807, 2.05) is 0 Å². The summed E-state index contributed by atoms with van der Waals surface area (Å²) in [5.41, 5.74) is -0.126. The molecule has 1 aliphatic carbocycles. The number of nitrogens with zero attached hydrogens (tertiary/aromatic N) is 1. The van der Waals surface area contributed by atoms with Gasteiger partial charge in [0, 0.05) is 11.1 Å². The molecule has 20 heavy (non-hydrogen) atoms. The van der Waals surface area contributed by atoms with Crippen molar-refractivity contribution in [2.45, 2.75) is 38.1 Å². The van der Waals surface area contributed by atoms with E-state index in [4.69, 9.17) is 11.6 Å². The highest BCUT2D eigenvalue weighted by atomic mass is 35.5. The van der Waals surface area contributed by atoms with Crippen LogP contribution in [0.2, 0.25) is 5.02 Å². The normalized spacial score (nSPS) is 26.2. The summed E-state index contributed by atoms with van der Waals surface area (Å²) in [6.45, 7) is 2.10. The average molecular weight is 299 g/mol. The van der Waals surface area contributed by atoms with Gasteiger partial charge in [0.25, 0.3) is 5.69 Å². The monoisotopic (exact) mass is 298 g/mol. The molecule has 0 bridgehead atoms. The number of hydrogen-bond donors (Lipinski definition) is 2.